The molecule has 0 atom stereocenters. The van der Waals surface area contributed by atoms with Crippen LogP contribution in [-0.2, 0) is 6.42 Å². The van der Waals surface area contributed by atoms with E-state index in [0.29, 0.717) is 0 Å². The molecule has 4 rings (SSSR count). The number of aryl methyl sites for hydroxylation is 1. The summed E-state index contributed by atoms with van der Waals surface area (Å²) in [4.78, 5) is 0. The molecule has 0 saturated carbocycles. The van der Waals surface area contributed by atoms with Gasteiger partial charge >= 0.3 is 0 Å². The van der Waals surface area contributed by atoms with Crippen LogP contribution in [0.25, 0.3) is 21.9 Å². The molecule has 0 N–H and O–H groups in total. The summed E-state index contributed by atoms with van der Waals surface area (Å²) in [5.41, 5.74) is 7.08. The van der Waals surface area contributed by atoms with E-state index in [-0.39, 0.29) is 0 Å². The SMILES string of the molecule is Cc1ccc2cc3c(cc2c1)-c1ccccc1C3. The largest absolute Gasteiger partial charge is 0.0619 e. The minimum atomic E-state index is 1.08. The van der Waals surface area contributed by atoms with Crippen molar-refractivity contribution in [3.05, 3.63) is 71.3 Å². The van der Waals surface area contributed by atoms with Gasteiger partial charge in [0.1, 0.15) is 0 Å². The lowest BCUT2D eigenvalue weighted by atomic mass is 9.99. The van der Waals surface area contributed by atoms with Gasteiger partial charge in [0.15, 0.2) is 0 Å². The van der Waals surface area contributed by atoms with Crippen LogP contribution in [-0.4, -0.2) is 0 Å². The van der Waals surface area contributed by atoms with Crippen LogP contribution in [0.5, 0.6) is 0 Å². The van der Waals surface area contributed by atoms with E-state index in [4.69, 9.17) is 0 Å². The van der Waals surface area contributed by atoms with E-state index in [9.17, 15) is 0 Å². The molecule has 0 aliphatic heterocycles. The van der Waals surface area contributed by atoms with Gasteiger partial charge in [0.05, 0.1) is 0 Å². The Morgan fingerprint density at radius 1 is 0.722 bits per heavy atom. The van der Waals surface area contributed by atoms with Crippen molar-refractivity contribution in [2.75, 3.05) is 0 Å². The molecule has 0 amide bonds. The highest BCUT2D eigenvalue weighted by molar-refractivity contribution is 5.92. The third-order valence-corrected chi connectivity index (χ3v) is 3.91. The molecule has 0 bridgehead atoms. The van der Waals surface area contributed by atoms with Crippen LogP contribution in [0.1, 0.15) is 16.7 Å². The molecule has 3 aromatic carbocycles. The van der Waals surface area contributed by atoms with Gasteiger partial charge in [-0.3, -0.25) is 0 Å². The van der Waals surface area contributed by atoms with Crippen LogP contribution in [0.2, 0.25) is 0 Å². The highest BCUT2D eigenvalue weighted by atomic mass is 14.2. The second kappa shape index (κ2) is 3.46. The summed E-state index contributed by atoms with van der Waals surface area (Å²) in [5, 5.41) is 2.71. The molecule has 0 saturated heterocycles. The van der Waals surface area contributed by atoms with Crippen molar-refractivity contribution in [2.45, 2.75) is 13.3 Å². The molecule has 0 heteroatoms. The van der Waals surface area contributed by atoms with Crippen LogP contribution in [0.15, 0.2) is 54.6 Å². The maximum Gasteiger partial charge on any atom is -0.00132 e. The van der Waals surface area contributed by atoms with Crippen molar-refractivity contribution in [2.24, 2.45) is 0 Å². The predicted molar refractivity (Wildman–Crippen MR) is 76.9 cm³/mol. The van der Waals surface area contributed by atoms with Crippen molar-refractivity contribution < 1.29 is 0 Å². The highest BCUT2D eigenvalue weighted by Crippen LogP contribution is 2.38. The molecular formula is C18H14. The third-order valence-electron chi connectivity index (χ3n) is 3.91. The van der Waals surface area contributed by atoms with Gasteiger partial charge in [0.2, 0.25) is 0 Å². The highest BCUT2D eigenvalue weighted by Gasteiger charge is 2.17. The first kappa shape index (κ1) is 9.90. The van der Waals surface area contributed by atoms with E-state index in [1.807, 2.05) is 0 Å². The standard InChI is InChI=1S/C18H14/c1-12-6-7-13-9-16-10-14-4-2-3-5-17(14)18(16)11-15(13)8-12/h2-9,11H,10H2,1H3. The van der Waals surface area contributed by atoms with Gasteiger partial charge in [-0.15, -0.1) is 0 Å². The van der Waals surface area contributed by atoms with Gasteiger partial charge < -0.3 is 0 Å². The molecule has 18 heavy (non-hydrogen) atoms. The third kappa shape index (κ3) is 1.32. The summed E-state index contributed by atoms with van der Waals surface area (Å²) in [6.07, 6.45) is 1.08. The van der Waals surface area contributed by atoms with Gasteiger partial charge in [-0.25, -0.2) is 0 Å². The molecule has 1 aliphatic rings. The Morgan fingerprint density at radius 2 is 1.61 bits per heavy atom. The van der Waals surface area contributed by atoms with E-state index in [2.05, 4.69) is 61.5 Å². The smallest absolute Gasteiger partial charge is 0.00132 e. The zero-order valence-corrected chi connectivity index (χ0v) is 10.4. The van der Waals surface area contributed by atoms with E-state index < -0.39 is 0 Å². The molecule has 1 aliphatic carbocycles. The first-order valence-corrected chi connectivity index (χ1v) is 6.43. The second-order valence-corrected chi connectivity index (χ2v) is 5.19. The fourth-order valence-electron chi connectivity index (χ4n) is 3.00. The number of benzene rings is 3. The Bertz CT molecular complexity index is 766. The summed E-state index contributed by atoms with van der Waals surface area (Å²) in [6.45, 7) is 2.15. The molecule has 3 aromatic rings. The van der Waals surface area contributed by atoms with Gasteiger partial charge in [0.25, 0.3) is 0 Å². The lowest BCUT2D eigenvalue weighted by molar-refractivity contribution is 1.27. The average molecular weight is 230 g/mol. The van der Waals surface area contributed by atoms with Crippen LogP contribution in [0.3, 0.4) is 0 Å². The first-order chi connectivity index (χ1) is 8.81. The lowest BCUT2D eigenvalue weighted by Crippen LogP contribution is -1.82. The van der Waals surface area contributed by atoms with Crippen LogP contribution < -0.4 is 0 Å². The Balaban J connectivity index is 2.05. The van der Waals surface area contributed by atoms with E-state index >= 15 is 0 Å². The first-order valence-electron chi connectivity index (χ1n) is 6.43. The summed E-state index contributed by atoms with van der Waals surface area (Å²) in [5.74, 6) is 0. The normalized spacial score (nSPS) is 12.5. The summed E-state index contributed by atoms with van der Waals surface area (Å²) >= 11 is 0. The van der Waals surface area contributed by atoms with Gasteiger partial charge in [0, 0.05) is 0 Å². The monoisotopic (exact) mass is 230 g/mol. The van der Waals surface area contributed by atoms with Gasteiger partial charge in [-0.1, -0.05) is 54.1 Å². The van der Waals surface area contributed by atoms with Crippen molar-refractivity contribution in [3.8, 4) is 11.1 Å². The van der Waals surface area contributed by atoms with Crippen LogP contribution >= 0.6 is 0 Å². The maximum atomic E-state index is 2.35. The molecule has 0 fully saturated rings. The molecule has 0 aromatic heterocycles. The fraction of sp³-hybridized carbons (Fsp3) is 0.111. The quantitative estimate of drug-likeness (QED) is 0.410. The molecule has 0 heterocycles. The fourth-order valence-corrected chi connectivity index (χ4v) is 3.00. The summed E-state index contributed by atoms with van der Waals surface area (Å²) in [6, 6.07) is 20.1. The topological polar surface area (TPSA) is 0 Å². The minimum Gasteiger partial charge on any atom is -0.0619 e. The van der Waals surface area contributed by atoms with E-state index in [1.165, 1.54) is 38.6 Å². The predicted octanol–water partition coefficient (Wildman–Crippen LogP) is 4.72. The minimum absolute atomic E-state index is 1.08. The molecule has 86 valence electrons. The van der Waals surface area contributed by atoms with Crippen molar-refractivity contribution in [1.82, 2.24) is 0 Å². The van der Waals surface area contributed by atoms with Gasteiger partial charge in [-0.05, 0) is 52.4 Å². The zero-order valence-electron chi connectivity index (χ0n) is 10.4. The number of hydrogen-bond donors (Lipinski definition) is 0. The van der Waals surface area contributed by atoms with Crippen molar-refractivity contribution in [3.63, 3.8) is 0 Å². The molecule has 0 unspecified atom stereocenters. The second-order valence-electron chi connectivity index (χ2n) is 5.19. The number of fused-ring (bicyclic) bond motifs is 4. The van der Waals surface area contributed by atoms with E-state index in [1.54, 1.807) is 0 Å². The Labute approximate surface area is 107 Å². The zero-order chi connectivity index (χ0) is 12.1. The van der Waals surface area contributed by atoms with Gasteiger partial charge in [-0.2, -0.15) is 0 Å². The lowest BCUT2D eigenvalue weighted by Gasteiger charge is -2.05. The molecule has 0 spiro atoms. The molecular weight excluding hydrogens is 216 g/mol. The Kier molecular flexibility index (Phi) is 1.90. The van der Waals surface area contributed by atoms with E-state index in [0.717, 1.165) is 6.42 Å². The van der Waals surface area contributed by atoms with Crippen molar-refractivity contribution >= 4 is 10.8 Å². The molecule has 0 radical (unpaired) electrons. The average Bonchev–Trinajstić information content (AvgIpc) is 2.74. The summed E-state index contributed by atoms with van der Waals surface area (Å²) in [7, 11) is 0. The summed E-state index contributed by atoms with van der Waals surface area (Å²) < 4.78 is 0. The Hall–Kier alpha value is -2.08. The van der Waals surface area contributed by atoms with Crippen LogP contribution in [0.4, 0.5) is 0 Å². The van der Waals surface area contributed by atoms with Crippen molar-refractivity contribution in [1.29, 1.82) is 0 Å². The molecule has 0 nitrogen and oxygen atoms in total. The number of rotatable bonds is 0. The Morgan fingerprint density at radius 3 is 2.56 bits per heavy atom. The maximum absolute atomic E-state index is 2.35. The van der Waals surface area contributed by atoms with Crippen LogP contribution in [0, 0.1) is 6.92 Å². The number of hydrogen-bond acceptors (Lipinski definition) is 0.